The number of aromatic carboxylic acids is 1. The predicted molar refractivity (Wildman–Crippen MR) is 45.6 cm³/mol. The number of carboxylic acid groups (broad SMARTS) is 1. The first-order chi connectivity index (χ1) is 6.20. The molecule has 0 bridgehead atoms. The van der Waals surface area contributed by atoms with Crippen LogP contribution in [0.25, 0.3) is 0 Å². The average molecular weight is 181 g/mol. The smallest absolute Gasteiger partial charge is 0.356 e. The Morgan fingerprint density at radius 2 is 2.46 bits per heavy atom. The highest BCUT2D eigenvalue weighted by molar-refractivity contribution is 5.86. The molecule has 2 heterocycles. The van der Waals surface area contributed by atoms with Crippen molar-refractivity contribution in [1.29, 1.82) is 0 Å². The average Bonchev–Trinajstić information content (AvgIpc) is 2.45. The fourth-order valence-electron chi connectivity index (χ4n) is 1.62. The molecule has 0 atom stereocenters. The van der Waals surface area contributed by atoms with E-state index >= 15 is 0 Å². The Morgan fingerprint density at radius 1 is 1.69 bits per heavy atom. The first kappa shape index (κ1) is 8.25. The van der Waals surface area contributed by atoms with Crippen molar-refractivity contribution in [2.75, 3.05) is 6.54 Å². The molecule has 0 fully saturated rings. The molecule has 0 aliphatic carbocycles. The summed E-state index contributed by atoms with van der Waals surface area (Å²) in [5, 5.41) is 12.0. The van der Waals surface area contributed by atoms with Gasteiger partial charge in [-0.3, -0.25) is 0 Å². The van der Waals surface area contributed by atoms with Gasteiger partial charge in [0.15, 0.2) is 5.69 Å². The largest absolute Gasteiger partial charge is 0.476 e. The standard InChI is InChI=1S/C8H11N3O2/c1-5-7(8(12)13)10-6-4-9-2-3-11(5)6/h9H,2-4H2,1H3,(H,12,13). The van der Waals surface area contributed by atoms with Crippen LogP contribution in [0.3, 0.4) is 0 Å². The quantitative estimate of drug-likeness (QED) is 0.639. The van der Waals surface area contributed by atoms with E-state index in [0.717, 1.165) is 24.6 Å². The van der Waals surface area contributed by atoms with Gasteiger partial charge in [-0.15, -0.1) is 0 Å². The molecule has 2 rings (SSSR count). The monoisotopic (exact) mass is 181 g/mol. The number of hydrogen-bond donors (Lipinski definition) is 2. The molecule has 5 nitrogen and oxygen atoms in total. The van der Waals surface area contributed by atoms with E-state index in [4.69, 9.17) is 5.11 Å². The second kappa shape index (κ2) is 2.85. The van der Waals surface area contributed by atoms with Crippen molar-refractivity contribution in [3.05, 3.63) is 17.2 Å². The van der Waals surface area contributed by atoms with E-state index in [9.17, 15) is 4.79 Å². The first-order valence-electron chi connectivity index (χ1n) is 4.20. The maximum Gasteiger partial charge on any atom is 0.356 e. The third-order valence-electron chi connectivity index (χ3n) is 2.30. The summed E-state index contributed by atoms with van der Waals surface area (Å²) < 4.78 is 1.96. The molecular weight excluding hydrogens is 170 g/mol. The minimum atomic E-state index is -0.945. The minimum absolute atomic E-state index is 0.179. The number of imidazole rings is 1. The number of hydrogen-bond acceptors (Lipinski definition) is 3. The van der Waals surface area contributed by atoms with Gasteiger partial charge in [0.2, 0.25) is 0 Å². The molecule has 1 aliphatic heterocycles. The Morgan fingerprint density at radius 3 is 3.08 bits per heavy atom. The molecule has 1 aromatic heterocycles. The Kier molecular flexibility index (Phi) is 1.81. The van der Waals surface area contributed by atoms with Gasteiger partial charge in [-0.05, 0) is 6.92 Å². The number of nitrogens with one attached hydrogen (secondary N) is 1. The number of fused-ring (bicyclic) bond motifs is 1. The molecule has 0 unspecified atom stereocenters. The van der Waals surface area contributed by atoms with Crippen LogP contribution < -0.4 is 5.32 Å². The predicted octanol–water partition coefficient (Wildman–Crippen LogP) is -0.00708. The van der Waals surface area contributed by atoms with Gasteiger partial charge in [0.05, 0.1) is 6.54 Å². The van der Waals surface area contributed by atoms with Crippen LogP contribution in [0.2, 0.25) is 0 Å². The number of nitrogens with zero attached hydrogens (tertiary/aromatic N) is 2. The highest BCUT2D eigenvalue weighted by Gasteiger charge is 2.20. The lowest BCUT2D eigenvalue weighted by Gasteiger charge is -2.15. The number of rotatable bonds is 1. The third kappa shape index (κ3) is 1.21. The SMILES string of the molecule is Cc1c(C(=O)O)nc2n1CCNC2. The van der Waals surface area contributed by atoms with Gasteiger partial charge >= 0.3 is 5.97 Å². The fraction of sp³-hybridized carbons (Fsp3) is 0.500. The van der Waals surface area contributed by atoms with Crippen molar-refractivity contribution in [2.24, 2.45) is 0 Å². The van der Waals surface area contributed by atoms with Crippen molar-refractivity contribution in [1.82, 2.24) is 14.9 Å². The number of carboxylic acids is 1. The molecule has 0 spiro atoms. The Hall–Kier alpha value is -1.36. The van der Waals surface area contributed by atoms with Crippen LogP contribution in [-0.2, 0) is 13.1 Å². The van der Waals surface area contributed by atoms with Gasteiger partial charge < -0.3 is 15.0 Å². The van der Waals surface area contributed by atoms with E-state index in [2.05, 4.69) is 10.3 Å². The van der Waals surface area contributed by atoms with Gasteiger partial charge in [0, 0.05) is 18.8 Å². The van der Waals surface area contributed by atoms with Gasteiger partial charge in [0.25, 0.3) is 0 Å². The fourth-order valence-corrected chi connectivity index (χ4v) is 1.62. The van der Waals surface area contributed by atoms with Gasteiger partial charge in [-0.1, -0.05) is 0 Å². The zero-order chi connectivity index (χ0) is 9.42. The summed E-state index contributed by atoms with van der Waals surface area (Å²) >= 11 is 0. The molecular formula is C8H11N3O2. The van der Waals surface area contributed by atoms with E-state index in [0.29, 0.717) is 6.54 Å². The first-order valence-corrected chi connectivity index (χ1v) is 4.20. The number of carbonyl (C=O) groups is 1. The van der Waals surface area contributed by atoms with Crippen LogP contribution in [0.5, 0.6) is 0 Å². The van der Waals surface area contributed by atoms with E-state index in [1.54, 1.807) is 6.92 Å². The summed E-state index contributed by atoms with van der Waals surface area (Å²) in [7, 11) is 0. The summed E-state index contributed by atoms with van der Waals surface area (Å²) in [5.41, 5.74) is 0.933. The second-order valence-corrected chi connectivity index (χ2v) is 3.10. The molecule has 1 aliphatic rings. The lowest BCUT2D eigenvalue weighted by Crippen LogP contribution is -2.28. The summed E-state index contributed by atoms with van der Waals surface area (Å²) in [6.07, 6.45) is 0. The summed E-state index contributed by atoms with van der Waals surface area (Å²) in [5.74, 6) is -0.124. The highest BCUT2D eigenvalue weighted by atomic mass is 16.4. The van der Waals surface area contributed by atoms with Gasteiger partial charge in [0.1, 0.15) is 5.82 Å². The maximum atomic E-state index is 10.7. The van der Waals surface area contributed by atoms with Crippen molar-refractivity contribution in [3.63, 3.8) is 0 Å². The van der Waals surface area contributed by atoms with Gasteiger partial charge in [-0.25, -0.2) is 9.78 Å². The molecule has 0 saturated carbocycles. The lowest BCUT2D eigenvalue weighted by molar-refractivity contribution is 0.0690. The molecule has 0 radical (unpaired) electrons. The van der Waals surface area contributed by atoms with E-state index in [1.165, 1.54) is 0 Å². The molecule has 0 aromatic carbocycles. The zero-order valence-electron chi connectivity index (χ0n) is 7.37. The molecule has 0 saturated heterocycles. The minimum Gasteiger partial charge on any atom is -0.476 e. The molecule has 0 amide bonds. The Balaban J connectivity index is 2.50. The zero-order valence-corrected chi connectivity index (χ0v) is 7.37. The van der Waals surface area contributed by atoms with Crippen LogP contribution in [0.1, 0.15) is 22.0 Å². The van der Waals surface area contributed by atoms with Crippen LogP contribution in [0.4, 0.5) is 0 Å². The van der Waals surface area contributed by atoms with Crippen LogP contribution in [0.15, 0.2) is 0 Å². The number of aromatic nitrogens is 2. The van der Waals surface area contributed by atoms with Crippen molar-refractivity contribution in [3.8, 4) is 0 Å². The molecule has 1 aromatic rings. The molecule has 2 N–H and O–H groups in total. The molecule has 13 heavy (non-hydrogen) atoms. The van der Waals surface area contributed by atoms with Crippen LogP contribution >= 0.6 is 0 Å². The summed E-state index contributed by atoms with van der Waals surface area (Å²) in [4.78, 5) is 14.8. The topological polar surface area (TPSA) is 67.1 Å². The van der Waals surface area contributed by atoms with Crippen LogP contribution in [-0.4, -0.2) is 27.2 Å². The molecule has 70 valence electrons. The van der Waals surface area contributed by atoms with E-state index < -0.39 is 5.97 Å². The lowest BCUT2D eigenvalue weighted by atomic mass is 10.3. The maximum absolute atomic E-state index is 10.7. The Bertz CT molecular complexity index is 357. The molecule has 5 heteroatoms. The van der Waals surface area contributed by atoms with E-state index in [1.807, 2.05) is 4.57 Å². The van der Waals surface area contributed by atoms with Crippen molar-refractivity contribution < 1.29 is 9.90 Å². The van der Waals surface area contributed by atoms with Gasteiger partial charge in [-0.2, -0.15) is 0 Å². The third-order valence-corrected chi connectivity index (χ3v) is 2.30. The summed E-state index contributed by atoms with van der Waals surface area (Å²) in [6.45, 7) is 4.14. The van der Waals surface area contributed by atoms with E-state index in [-0.39, 0.29) is 5.69 Å². The second-order valence-electron chi connectivity index (χ2n) is 3.10. The van der Waals surface area contributed by atoms with Crippen LogP contribution in [0, 0.1) is 6.92 Å². The summed E-state index contributed by atoms with van der Waals surface area (Å²) in [6, 6.07) is 0. The normalized spacial score (nSPS) is 15.5. The Labute approximate surface area is 75.4 Å². The van der Waals surface area contributed by atoms with Crippen molar-refractivity contribution >= 4 is 5.97 Å². The van der Waals surface area contributed by atoms with Crippen molar-refractivity contribution in [2.45, 2.75) is 20.0 Å². The highest BCUT2D eigenvalue weighted by Crippen LogP contribution is 2.13.